The predicted octanol–water partition coefficient (Wildman–Crippen LogP) is 8.69. The highest BCUT2D eigenvalue weighted by atomic mass is 15.2. The first kappa shape index (κ1) is 48.1. The second kappa shape index (κ2) is 23.6. The van der Waals surface area contributed by atoms with Crippen LogP contribution in [0, 0.1) is 27.7 Å². The van der Waals surface area contributed by atoms with Crippen molar-refractivity contribution < 1.29 is 9.97 Å². The highest BCUT2D eigenvalue weighted by Gasteiger charge is 2.19. The van der Waals surface area contributed by atoms with Crippen LogP contribution >= 0.6 is 0 Å². The molecule has 8 aromatic rings. The maximum atomic E-state index is 4.75. The molecule has 0 saturated carbocycles. The summed E-state index contributed by atoms with van der Waals surface area (Å²) in [6, 6.07) is 34.5. The Morgan fingerprint density at radius 1 is 0.329 bits per heavy atom. The lowest BCUT2D eigenvalue weighted by Gasteiger charge is -2.32. The minimum atomic E-state index is 0.831. The molecule has 2 N–H and O–H groups in total. The topological polar surface area (TPSA) is 119 Å². The van der Waals surface area contributed by atoms with Gasteiger partial charge < -0.3 is 0 Å². The molecular formula is C58H66N12+2. The highest BCUT2D eigenvalue weighted by molar-refractivity contribution is 5.57. The van der Waals surface area contributed by atoms with Crippen LogP contribution in [0.1, 0.15) is 57.3 Å². The molecule has 1 saturated heterocycles. The Kier molecular flexibility index (Phi) is 16.2. The third kappa shape index (κ3) is 13.6. The predicted molar refractivity (Wildman–Crippen MR) is 277 cm³/mol. The van der Waals surface area contributed by atoms with Gasteiger partial charge in [-0.15, -0.1) is 0 Å². The first-order chi connectivity index (χ1) is 34.2. The van der Waals surface area contributed by atoms with Crippen molar-refractivity contribution in [3.63, 3.8) is 0 Å². The zero-order chi connectivity index (χ0) is 48.1. The van der Waals surface area contributed by atoms with Gasteiger partial charge in [0.1, 0.15) is 11.4 Å². The number of aryl methyl sites for hydroxylation is 4. The van der Waals surface area contributed by atoms with E-state index < -0.39 is 0 Å². The quantitative estimate of drug-likeness (QED) is 0.118. The Balaban J connectivity index is 0.993. The molecule has 12 heteroatoms. The van der Waals surface area contributed by atoms with Crippen LogP contribution in [-0.4, -0.2) is 102 Å². The average Bonchev–Trinajstić information content (AvgIpc) is 3.37. The van der Waals surface area contributed by atoms with Crippen molar-refractivity contribution in [3.05, 3.63) is 191 Å². The second-order valence-corrected chi connectivity index (χ2v) is 19.0. The van der Waals surface area contributed by atoms with Crippen LogP contribution in [0.25, 0.3) is 45.6 Å². The molecule has 12 nitrogen and oxygen atoms in total. The fourth-order valence-electron chi connectivity index (χ4n) is 9.38. The number of nitrogens with one attached hydrogen (secondary N) is 2. The lowest BCUT2D eigenvalue weighted by atomic mass is 10.1. The zero-order valence-corrected chi connectivity index (χ0v) is 41.2. The van der Waals surface area contributed by atoms with E-state index in [0.717, 1.165) is 137 Å². The van der Waals surface area contributed by atoms with Gasteiger partial charge >= 0.3 is 0 Å². The normalized spacial score (nSPS) is 15.1. The summed E-state index contributed by atoms with van der Waals surface area (Å²) in [5, 5.41) is 0. The van der Waals surface area contributed by atoms with Crippen molar-refractivity contribution in [1.82, 2.24) is 49.5 Å². The summed E-state index contributed by atoms with van der Waals surface area (Å²) in [7, 11) is 0. The molecule has 0 atom stereocenters. The monoisotopic (exact) mass is 931 g/mol. The van der Waals surface area contributed by atoms with E-state index in [2.05, 4.69) is 152 Å². The Morgan fingerprint density at radius 3 is 0.957 bits per heavy atom. The van der Waals surface area contributed by atoms with Gasteiger partial charge in [0.15, 0.2) is 12.4 Å². The summed E-state index contributed by atoms with van der Waals surface area (Å²) >= 11 is 0. The van der Waals surface area contributed by atoms with Gasteiger partial charge in [-0.05, 0) is 184 Å². The molecule has 0 bridgehead atoms. The molecule has 9 rings (SSSR count). The number of aromatic nitrogens is 8. The van der Waals surface area contributed by atoms with Crippen LogP contribution in [0.4, 0.5) is 0 Å². The van der Waals surface area contributed by atoms with Crippen LogP contribution < -0.4 is 9.97 Å². The third-order valence-electron chi connectivity index (χ3n) is 13.1. The maximum absolute atomic E-state index is 4.75. The molecule has 1 aliphatic heterocycles. The van der Waals surface area contributed by atoms with Crippen molar-refractivity contribution >= 4 is 0 Å². The number of pyridine rings is 8. The molecule has 0 amide bonds. The fraction of sp³-hybridized carbons (Fsp3) is 0.310. The molecule has 356 valence electrons. The first-order valence-corrected chi connectivity index (χ1v) is 24.8. The van der Waals surface area contributed by atoms with Crippen LogP contribution in [0.3, 0.4) is 0 Å². The van der Waals surface area contributed by atoms with E-state index >= 15 is 0 Å². The molecular weight excluding hydrogens is 865 g/mol. The SMILES string of the molecule is Cc1ccnc(-c2cc(CN3CCCN(Cc4cc[nH+]c(-c5cc(C)ccn5)c4)CCN(Cc4cc[nH+]c(-c5cc(C)ccn5)c4)CCCN(Cc4ccnc(-c5cc(C)ccn5)c4)CC3)ccn2)c1. The maximum Gasteiger partial charge on any atom is 0.229 e. The van der Waals surface area contributed by atoms with Gasteiger partial charge in [-0.1, -0.05) is 0 Å². The van der Waals surface area contributed by atoms with E-state index in [-0.39, 0.29) is 0 Å². The minimum Gasteiger partial charge on any atom is -0.298 e. The van der Waals surface area contributed by atoms with Crippen molar-refractivity contribution in [3.8, 4) is 45.6 Å². The van der Waals surface area contributed by atoms with Crippen LogP contribution in [0.2, 0.25) is 0 Å². The molecule has 0 aromatic carbocycles. The van der Waals surface area contributed by atoms with Gasteiger partial charge in [0.2, 0.25) is 11.4 Å². The summed E-state index contributed by atoms with van der Waals surface area (Å²) in [4.78, 5) is 45.8. The summed E-state index contributed by atoms with van der Waals surface area (Å²) < 4.78 is 0. The third-order valence-corrected chi connectivity index (χ3v) is 13.1. The molecule has 9 heterocycles. The van der Waals surface area contributed by atoms with E-state index in [1.54, 1.807) is 0 Å². The van der Waals surface area contributed by atoms with Crippen molar-refractivity contribution in [2.75, 3.05) is 52.4 Å². The number of nitrogens with zero attached hydrogens (tertiary/aromatic N) is 10. The summed E-state index contributed by atoms with van der Waals surface area (Å²) in [5.41, 5.74) is 17.4. The number of aromatic amines is 2. The average molecular weight is 931 g/mol. The lowest BCUT2D eigenvalue weighted by molar-refractivity contribution is -0.365. The molecule has 0 unspecified atom stereocenters. The van der Waals surface area contributed by atoms with Gasteiger partial charge in [-0.25, -0.2) is 19.9 Å². The van der Waals surface area contributed by atoms with Gasteiger partial charge in [-0.2, -0.15) is 0 Å². The number of rotatable bonds is 12. The van der Waals surface area contributed by atoms with Crippen LogP contribution in [0.5, 0.6) is 0 Å². The van der Waals surface area contributed by atoms with E-state index in [9.17, 15) is 0 Å². The molecule has 0 spiro atoms. The summed E-state index contributed by atoms with van der Waals surface area (Å²) in [6.07, 6.45) is 17.6. The van der Waals surface area contributed by atoms with Gasteiger partial charge in [-0.3, -0.25) is 39.5 Å². The van der Waals surface area contributed by atoms with E-state index in [1.165, 1.54) is 44.5 Å². The Bertz CT molecular complexity index is 2580. The molecule has 1 fully saturated rings. The van der Waals surface area contributed by atoms with Crippen molar-refractivity contribution in [1.29, 1.82) is 0 Å². The van der Waals surface area contributed by atoms with Crippen LogP contribution in [0.15, 0.2) is 147 Å². The Hall–Kier alpha value is -6.96. The van der Waals surface area contributed by atoms with Gasteiger partial charge in [0.25, 0.3) is 0 Å². The zero-order valence-electron chi connectivity index (χ0n) is 41.2. The molecule has 0 aliphatic carbocycles. The molecule has 1 aliphatic rings. The lowest BCUT2D eigenvalue weighted by Crippen LogP contribution is -2.40. The summed E-state index contributed by atoms with van der Waals surface area (Å²) in [6.45, 7) is 19.4. The van der Waals surface area contributed by atoms with Gasteiger partial charge in [0, 0.05) is 114 Å². The van der Waals surface area contributed by atoms with Crippen molar-refractivity contribution in [2.45, 2.75) is 66.7 Å². The Labute approximate surface area is 413 Å². The molecule has 70 heavy (non-hydrogen) atoms. The largest absolute Gasteiger partial charge is 0.298 e. The summed E-state index contributed by atoms with van der Waals surface area (Å²) in [5.74, 6) is 0. The van der Waals surface area contributed by atoms with Gasteiger partial charge in [0.05, 0.1) is 22.8 Å². The smallest absolute Gasteiger partial charge is 0.229 e. The van der Waals surface area contributed by atoms with Crippen molar-refractivity contribution in [2.24, 2.45) is 0 Å². The second-order valence-electron chi connectivity index (χ2n) is 19.0. The minimum absolute atomic E-state index is 0.831. The highest BCUT2D eigenvalue weighted by Crippen LogP contribution is 2.22. The molecule has 0 radical (unpaired) electrons. The van der Waals surface area contributed by atoms with Crippen LogP contribution in [-0.2, 0) is 26.2 Å². The standard InChI is InChI=1S/C58H64N12/c1-43-7-15-59-51(31-43)55-35-47(11-19-63-55)39-67-23-5-24-69(41-49-13-21-65-57(37-49)53-33-45(3)9-17-61-53)29-30-70(42-50-14-22-66-58(38-50)54-34-46(4)10-18-62-54)26-6-25-68(28-27-67)40-48-12-20-64-56(36-48)52-32-44(2)8-16-60-52/h7-22,31-38H,5-6,23-30,39-42H2,1-4H3/p+2. The molecule has 8 aromatic heterocycles. The van der Waals surface area contributed by atoms with E-state index in [4.69, 9.17) is 19.9 Å². The first-order valence-electron chi connectivity index (χ1n) is 24.8. The Morgan fingerprint density at radius 2 is 0.614 bits per heavy atom. The fourth-order valence-corrected chi connectivity index (χ4v) is 9.38. The van der Waals surface area contributed by atoms with E-state index in [1.807, 2.05) is 61.4 Å². The van der Waals surface area contributed by atoms with E-state index in [0.29, 0.717) is 0 Å². The number of hydrogen-bond acceptors (Lipinski definition) is 10. The number of H-pyrrole nitrogens is 2. The number of hydrogen-bond donors (Lipinski definition) is 0.